The van der Waals surface area contributed by atoms with Crippen molar-refractivity contribution in [1.82, 2.24) is 5.32 Å². The van der Waals surface area contributed by atoms with Gasteiger partial charge in [0.15, 0.2) is 0 Å². The molecule has 5 heteroatoms. The summed E-state index contributed by atoms with van der Waals surface area (Å²) in [4.78, 5) is 11.9. The van der Waals surface area contributed by atoms with Gasteiger partial charge in [-0.2, -0.15) is 0 Å². The van der Waals surface area contributed by atoms with Gasteiger partial charge in [0.25, 0.3) is 0 Å². The summed E-state index contributed by atoms with van der Waals surface area (Å²) in [5.41, 5.74) is 5.77. The van der Waals surface area contributed by atoms with Crippen molar-refractivity contribution in [3.63, 3.8) is 0 Å². The summed E-state index contributed by atoms with van der Waals surface area (Å²) in [7, 11) is 0. The third-order valence-corrected chi connectivity index (χ3v) is 3.46. The second-order valence-corrected chi connectivity index (χ2v) is 4.94. The first-order chi connectivity index (χ1) is 9.11. The standard InChI is InChI=1S/C14H20N2O3/c15-12(11-4-2-1-3-5-11)13(17)16-10-14(18)6-8-19-9-7-14/h1-5,12,18H,6-10,15H2,(H,16,17). The van der Waals surface area contributed by atoms with E-state index in [2.05, 4.69) is 5.32 Å². The van der Waals surface area contributed by atoms with Crippen LogP contribution in [-0.2, 0) is 9.53 Å². The molecule has 1 heterocycles. The van der Waals surface area contributed by atoms with E-state index in [9.17, 15) is 9.90 Å². The van der Waals surface area contributed by atoms with Crippen molar-refractivity contribution in [3.05, 3.63) is 35.9 Å². The Kier molecular flexibility index (Phi) is 4.52. The average molecular weight is 264 g/mol. The lowest BCUT2D eigenvalue weighted by Crippen LogP contribution is -2.48. The van der Waals surface area contributed by atoms with Crippen molar-refractivity contribution in [3.8, 4) is 0 Å². The Morgan fingerprint density at radius 3 is 2.63 bits per heavy atom. The first kappa shape index (κ1) is 14.0. The SMILES string of the molecule is NC(C(=O)NCC1(O)CCOCC1)c1ccccc1. The van der Waals surface area contributed by atoms with Crippen molar-refractivity contribution in [2.75, 3.05) is 19.8 Å². The summed E-state index contributed by atoms with van der Waals surface area (Å²) in [5.74, 6) is -0.272. The zero-order chi connectivity index (χ0) is 13.7. The van der Waals surface area contributed by atoms with Gasteiger partial charge >= 0.3 is 0 Å². The highest BCUT2D eigenvalue weighted by molar-refractivity contribution is 5.82. The third-order valence-electron chi connectivity index (χ3n) is 3.46. The van der Waals surface area contributed by atoms with Gasteiger partial charge in [0.2, 0.25) is 5.91 Å². The lowest BCUT2D eigenvalue weighted by molar-refractivity contribution is -0.125. The van der Waals surface area contributed by atoms with Crippen molar-refractivity contribution in [2.24, 2.45) is 5.73 Å². The van der Waals surface area contributed by atoms with Crippen LogP contribution in [0.1, 0.15) is 24.4 Å². The Hall–Kier alpha value is -1.43. The number of rotatable bonds is 4. The third kappa shape index (κ3) is 3.76. The van der Waals surface area contributed by atoms with E-state index in [0.29, 0.717) is 26.1 Å². The van der Waals surface area contributed by atoms with Crippen molar-refractivity contribution >= 4 is 5.91 Å². The minimum atomic E-state index is -0.871. The largest absolute Gasteiger partial charge is 0.388 e. The number of nitrogens with two attached hydrogens (primary N) is 1. The molecule has 4 N–H and O–H groups in total. The number of aliphatic hydroxyl groups is 1. The van der Waals surface area contributed by atoms with Gasteiger partial charge in [0, 0.05) is 32.6 Å². The molecule has 0 aliphatic carbocycles. The molecule has 0 saturated carbocycles. The summed E-state index contributed by atoms with van der Waals surface area (Å²) >= 11 is 0. The number of ether oxygens (including phenoxy) is 1. The molecule has 1 saturated heterocycles. The molecule has 0 bridgehead atoms. The molecule has 0 spiro atoms. The van der Waals surface area contributed by atoms with E-state index in [4.69, 9.17) is 10.5 Å². The summed E-state index contributed by atoms with van der Waals surface area (Å²) < 4.78 is 5.19. The van der Waals surface area contributed by atoms with Crippen molar-refractivity contribution in [2.45, 2.75) is 24.5 Å². The lowest BCUT2D eigenvalue weighted by Gasteiger charge is -2.32. The lowest BCUT2D eigenvalue weighted by atomic mass is 9.94. The van der Waals surface area contributed by atoms with E-state index in [1.807, 2.05) is 30.3 Å². The zero-order valence-corrected chi connectivity index (χ0v) is 10.8. The molecule has 104 valence electrons. The van der Waals surface area contributed by atoms with E-state index in [1.54, 1.807) is 0 Å². The Morgan fingerprint density at radius 1 is 1.37 bits per heavy atom. The average Bonchev–Trinajstić information content (AvgIpc) is 2.46. The van der Waals surface area contributed by atoms with Gasteiger partial charge in [-0.1, -0.05) is 30.3 Å². The first-order valence-corrected chi connectivity index (χ1v) is 6.49. The molecule has 1 aromatic rings. The van der Waals surface area contributed by atoms with Crippen LogP contribution >= 0.6 is 0 Å². The highest BCUT2D eigenvalue weighted by atomic mass is 16.5. The molecule has 1 aliphatic rings. The Bertz CT molecular complexity index is 416. The van der Waals surface area contributed by atoms with Crippen LogP contribution in [0.3, 0.4) is 0 Å². The highest BCUT2D eigenvalue weighted by Gasteiger charge is 2.30. The number of hydrogen-bond donors (Lipinski definition) is 3. The van der Waals surface area contributed by atoms with Gasteiger partial charge in [-0.15, -0.1) is 0 Å². The Morgan fingerprint density at radius 2 is 2.00 bits per heavy atom. The molecular formula is C14H20N2O3. The van der Waals surface area contributed by atoms with E-state index < -0.39 is 11.6 Å². The second-order valence-electron chi connectivity index (χ2n) is 4.94. The molecule has 0 aromatic heterocycles. The van der Waals surface area contributed by atoms with Gasteiger partial charge in [-0.05, 0) is 5.56 Å². The van der Waals surface area contributed by atoms with Gasteiger partial charge < -0.3 is 20.9 Å². The fourth-order valence-electron chi connectivity index (χ4n) is 2.10. The van der Waals surface area contributed by atoms with Crippen LogP contribution in [0.15, 0.2) is 30.3 Å². The Balaban J connectivity index is 1.87. The number of carbonyl (C=O) groups is 1. The number of carbonyl (C=O) groups excluding carboxylic acids is 1. The van der Waals surface area contributed by atoms with Gasteiger partial charge in [-0.3, -0.25) is 4.79 Å². The zero-order valence-electron chi connectivity index (χ0n) is 10.8. The number of nitrogens with one attached hydrogen (secondary N) is 1. The smallest absolute Gasteiger partial charge is 0.241 e. The van der Waals surface area contributed by atoms with Crippen LogP contribution in [0.2, 0.25) is 0 Å². The maximum Gasteiger partial charge on any atom is 0.241 e. The predicted octanol–water partition coefficient (Wildman–Crippen LogP) is 0.344. The van der Waals surface area contributed by atoms with Crippen LogP contribution in [0.5, 0.6) is 0 Å². The van der Waals surface area contributed by atoms with Crippen LogP contribution in [0.25, 0.3) is 0 Å². The molecule has 1 aliphatic heterocycles. The fraction of sp³-hybridized carbons (Fsp3) is 0.500. The first-order valence-electron chi connectivity index (χ1n) is 6.49. The Labute approximate surface area is 112 Å². The topological polar surface area (TPSA) is 84.6 Å². The number of benzene rings is 1. The number of hydrogen-bond acceptors (Lipinski definition) is 4. The predicted molar refractivity (Wildman–Crippen MR) is 71.4 cm³/mol. The highest BCUT2D eigenvalue weighted by Crippen LogP contribution is 2.19. The molecule has 1 fully saturated rings. The molecule has 5 nitrogen and oxygen atoms in total. The van der Waals surface area contributed by atoms with E-state index in [0.717, 1.165) is 5.56 Å². The molecule has 1 atom stereocenters. The minimum absolute atomic E-state index is 0.218. The molecule has 1 amide bonds. The van der Waals surface area contributed by atoms with E-state index >= 15 is 0 Å². The maximum atomic E-state index is 11.9. The van der Waals surface area contributed by atoms with Crippen molar-refractivity contribution < 1.29 is 14.6 Å². The maximum absolute atomic E-state index is 11.9. The molecular weight excluding hydrogens is 244 g/mol. The molecule has 1 aromatic carbocycles. The fourth-order valence-corrected chi connectivity index (χ4v) is 2.10. The minimum Gasteiger partial charge on any atom is -0.388 e. The van der Waals surface area contributed by atoms with E-state index in [1.165, 1.54) is 0 Å². The quantitative estimate of drug-likeness (QED) is 0.732. The van der Waals surface area contributed by atoms with Crippen LogP contribution in [0.4, 0.5) is 0 Å². The number of amides is 1. The monoisotopic (exact) mass is 264 g/mol. The molecule has 19 heavy (non-hydrogen) atoms. The van der Waals surface area contributed by atoms with Crippen LogP contribution < -0.4 is 11.1 Å². The normalized spacial score (nSPS) is 19.7. The molecule has 2 rings (SSSR count). The van der Waals surface area contributed by atoms with E-state index in [-0.39, 0.29) is 12.5 Å². The van der Waals surface area contributed by atoms with Gasteiger partial charge in [-0.25, -0.2) is 0 Å². The summed E-state index contributed by atoms with van der Waals surface area (Å²) in [6.45, 7) is 1.27. The summed E-state index contributed by atoms with van der Waals surface area (Å²) in [6, 6.07) is 8.48. The molecule has 1 unspecified atom stereocenters. The van der Waals surface area contributed by atoms with Crippen molar-refractivity contribution in [1.29, 1.82) is 0 Å². The molecule has 0 radical (unpaired) electrons. The van der Waals surface area contributed by atoms with Crippen LogP contribution in [0, 0.1) is 0 Å². The van der Waals surface area contributed by atoms with Gasteiger partial charge in [0.05, 0.1) is 5.60 Å². The van der Waals surface area contributed by atoms with Crippen LogP contribution in [-0.4, -0.2) is 36.4 Å². The summed E-state index contributed by atoms with van der Waals surface area (Å²) in [5, 5.41) is 13.0. The second kappa shape index (κ2) is 6.14. The van der Waals surface area contributed by atoms with Gasteiger partial charge in [0.1, 0.15) is 6.04 Å². The summed E-state index contributed by atoms with van der Waals surface area (Å²) in [6.07, 6.45) is 1.07.